The Morgan fingerprint density at radius 3 is 3.00 bits per heavy atom. The van der Waals surface area contributed by atoms with Crippen molar-refractivity contribution in [2.75, 3.05) is 5.32 Å². The first-order valence-corrected chi connectivity index (χ1v) is 9.62. The molecule has 1 saturated carbocycles. The average Bonchev–Trinajstić information content (AvgIpc) is 3.38. The lowest BCUT2D eigenvalue weighted by molar-refractivity contribution is 0.0749. The van der Waals surface area contributed by atoms with Crippen molar-refractivity contribution in [1.82, 2.24) is 25.0 Å². The molecule has 27 heavy (non-hydrogen) atoms. The fourth-order valence-electron chi connectivity index (χ4n) is 3.19. The SMILES string of the molecule is NC1CCC(F)(Cn2cc(NC(=O)c3csc(-c4cn[nH]c4)n3)cn2)CC1. The van der Waals surface area contributed by atoms with E-state index >= 15 is 0 Å². The van der Waals surface area contributed by atoms with Crippen LogP contribution in [0.2, 0.25) is 0 Å². The summed E-state index contributed by atoms with van der Waals surface area (Å²) in [4.78, 5) is 16.7. The van der Waals surface area contributed by atoms with Gasteiger partial charge in [-0.15, -0.1) is 11.3 Å². The first kappa shape index (κ1) is 17.8. The molecule has 1 amide bonds. The van der Waals surface area contributed by atoms with E-state index in [-0.39, 0.29) is 18.5 Å². The van der Waals surface area contributed by atoms with Gasteiger partial charge in [0.1, 0.15) is 16.4 Å². The number of H-pyrrole nitrogens is 1. The zero-order chi connectivity index (χ0) is 18.9. The minimum atomic E-state index is -1.29. The number of aromatic nitrogens is 5. The summed E-state index contributed by atoms with van der Waals surface area (Å²) in [6.45, 7) is 0.164. The predicted octanol–water partition coefficient (Wildman–Crippen LogP) is 2.59. The van der Waals surface area contributed by atoms with Crippen LogP contribution in [-0.4, -0.2) is 42.6 Å². The van der Waals surface area contributed by atoms with Gasteiger partial charge in [0.15, 0.2) is 0 Å². The Balaban J connectivity index is 1.38. The molecule has 0 aromatic carbocycles. The number of nitrogens with one attached hydrogen (secondary N) is 2. The monoisotopic (exact) mass is 389 g/mol. The van der Waals surface area contributed by atoms with Crippen molar-refractivity contribution in [3.8, 4) is 10.6 Å². The molecule has 10 heteroatoms. The Hall–Kier alpha value is -2.59. The second-order valence-corrected chi connectivity index (χ2v) is 7.75. The number of amides is 1. The van der Waals surface area contributed by atoms with Crippen LogP contribution in [0.1, 0.15) is 36.2 Å². The van der Waals surface area contributed by atoms with Gasteiger partial charge in [-0.25, -0.2) is 9.37 Å². The van der Waals surface area contributed by atoms with Crippen LogP contribution in [-0.2, 0) is 6.54 Å². The van der Waals surface area contributed by atoms with Crippen LogP contribution < -0.4 is 11.1 Å². The first-order valence-electron chi connectivity index (χ1n) is 8.74. The summed E-state index contributed by atoms with van der Waals surface area (Å²) in [5, 5.41) is 15.9. The number of alkyl halides is 1. The third-order valence-corrected chi connectivity index (χ3v) is 5.64. The molecule has 3 heterocycles. The minimum Gasteiger partial charge on any atom is -0.328 e. The average molecular weight is 389 g/mol. The van der Waals surface area contributed by atoms with E-state index in [2.05, 4.69) is 25.6 Å². The van der Waals surface area contributed by atoms with Gasteiger partial charge in [-0.2, -0.15) is 10.2 Å². The molecule has 0 atom stereocenters. The van der Waals surface area contributed by atoms with Gasteiger partial charge < -0.3 is 11.1 Å². The number of carbonyl (C=O) groups excluding carboxylic acids is 1. The van der Waals surface area contributed by atoms with Gasteiger partial charge in [0.05, 0.1) is 24.6 Å². The number of nitrogens with two attached hydrogens (primary N) is 1. The lowest BCUT2D eigenvalue weighted by Crippen LogP contribution is -2.38. The second kappa shape index (κ2) is 7.20. The summed E-state index contributed by atoms with van der Waals surface area (Å²) in [6.07, 6.45) is 8.76. The highest BCUT2D eigenvalue weighted by Crippen LogP contribution is 2.33. The molecular weight excluding hydrogens is 369 g/mol. The molecule has 0 saturated heterocycles. The van der Waals surface area contributed by atoms with E-state index in [1.807, 2.05) is 0 Å². The van der Waals surface area contributed by atoms with Crippen molar-refractivity contribution in [1.29, 1.82) is 0 Å². The summed E-state index contributed by atoms with van der Waals surface area (Å²) in [6, 6.07) is 0.0893. The number of aromatic amines is 1. The Bertz CT molecular complexity index is 912. The Kier molecular flexibility index (Phi) is 4.75. The van der Waals surface area contributed by atoms with E-state index in [1.165, 1.54) is 22.2 Å². The van der Waals surface area contributed by atoms with Crippen LogP contribution in [0.4, 0.5) is 10.1 Å². The molecule has 4 rings (SSSR count). The van der Waals surface area contributed by atoms with Crippen LogP contribution in [0.25, 0.3) is 10.6 Å². The van der Waals surface area contributed by atoms with E-state index in [0.717, 1.165) is 5.56 Å². The fraction of sp³-hybridized carbons (Fsp3) is 0.412. The zero-order valence-electron chi connectivity index (χ0n) is 14.6. The fourth-order valence-corrected chi connectivity index (χ4v) is 3.98. The van der Waals surface area contributed by atoms with Gasteiger partial charge >= 0.3 is 0 Å². The smallest absolute Gasteiger partial charge is 0.275 e. The van der Waals surface area contributed by atoms with Crippen LogP contribution in [0.5, 0.6) is 0 Å². The number of rotatable bonds is 5. The minimum absolute atomic E-state index is 0.0893. The van der Waals surface area contributed by atoms with Gasteiger partial charge in [0, 0.05) is 29.4 Å². The normalized spacial score (nSPS) is 22.7. The molecule has 4 N–H and O–H groups in total. The molecule has 142 valence electrons. The van der Waals surface area contributed by atoms with Crippen molar-refractivity contribution in [2.45, 2.75) is 43.9 Å². The first-order chi connectivity index (χ1) is 13.0. The summed E-state index contributed by atoms with van der Waals surface area (Å²) >= 11 is 1.36. The van der Waals surface area contributed by atoms with E-state index in [4.69, 9.17) is 5.73 Å². The maximum Gasteiger partial charge on any atom is 0.275 e. The lowest BCUT2D eigenvalue weighted by atomic mass is 9.84. The molecule has 8 nitrogen and oxygen atoms in total. The molecule has 3 aromatic heterocycles. The molecule has 1 aliphatic rings. The van der Waals surface area contributed by atoms with Crippen LogP contribution >= 0.6 is 11.3 Å². The number of thiazole rings is 1. The summed E-state index contributed by atoms with van der Waals surface area (Å²) in [5.74, 6) is -0.334. The van der Waals surface area contributed by atoms with E-state index < -0.39 is 5.67 Å². The molecule has 0 aliphatic heterocycles. The topological polar surface area (TPSA) is 115 Å². The predicted molar refractivity (Wildman–Crippen MR) is 100 cm³/mol. The Labute approximate surface area is 159 Å². The summed E-state index contributed by atoms with van der Waals surface area (Å²) in [5.41, 5.74) is 6.20. The molecular formula is C17H20FN7OS. The van der Waals surface area contributed by atoms with E-state index in [9.17, 15) is 9.18 Å². The van der Waals surface area contributed by atoms with Crippen LogP contribution in [0, 0.1) is 0 Å². The van der Waals surface area contributed by atoms with Crippen molar-refractivity contribution in [2.24, 2.45) is 5.73 Å². The largest absolute Gasteiger partial charge is 0.328 e. The van der Waals surface area contributed by atoms with Crippen molar-refractivity contribution in [3.05, 3.63) is 35.9 Å². The highest BCUT2D eigenvalue weighted by atomic mass is 32.1. The van der Waals surface area contributed by atoms with Gasteiger partial charge in [0.2, 0.25) is 0 Å². The molecule has 3 aromatic rings. The Morgan fingerprint density at radius 1 is 1.44 bits per heavy atom. The maximum atomic E-state index is 14.9. The van der Waals surface area contributed by atoms with Crippen LogP contribution in [0.3, 0.4) is 0 Å². The maximum absolute atomic E-state index is 14.9. The molecule has 0 spiro atoms. The van der Waals surface area contributed by atoms with Crippen molar-refractivity contribution in [3.63, 3.8) is 0 Å². The van der Waals surface area contributed by atoms with Crippen LogP contribution in [0.15, 0.2) is 30.2 Å². The van der Waals surface area contributed by atoms with Gasteiger partial charge in [0.25, 0.3) is 5.91 Å². The summed E-state index contributed by atoms with van der Waals surface area (Å²) in [7, 11) is 0. The molecule has 0 bridgehead atoms. The highest BCUT2D eigenvalue weighted by Gasteiger charge is 2.35. The van der Waals surface area contributed by atoms with E-state index in [1.54, 1.807) is 24.0 Å². The Morgan fingerprint density at radius 2 is 2.26 bits per heavy atom. The molecule has 0 unspecified atom stereocenters. The summed E-state index contributed by atoms with van der Waals surface area (Å²) < 4.78 is 16.4. The van der Waals surface area contributed by atoms with Crippen molar-refractivity contribution < 1.29 is 9.18 Å². The highest BCUT2D eigenvalue weighted by molar-refractivity contribution is 7.13. The number of hydrogen-bond donors (Lipinski definition) is 3. The van der Waals surface area contributed by atoms with Gasteiger partial charge in [-0.05, 0) is 25.7 Å². The third-order valence-electron chi connectivity index (χ3n) is 4.74. The van der Waals surface area contributed by atoms with Gasteiger partial charge in [-0.1, -0.05) is 0 Å². The number of nitrogens with zero attached hydrogens (tertiary/aromatic N) is 4. The quantitative estimate of drug-likeness (QED) is 0.620. The molecule has 1 aliphatic carbocycles. The van der Waals surface area contributed by atoms with Crippen molar-refractivity contribution >= 4 is 22.9 Å². The zero-order valence-corrected chi connectivity index (χ0v) is 15.4. The third kappa shape index (κ3) is 4.06. The molecule has 0 radical (unpaired) electrons. The number of anilines is 1. The standard InChI is InChI=1S/C17H20FN7OS/c18-17(3-1-12(19)2-4-17)10-25-8-13(7-22-25)23-15(26)14-9-27-16(24-14)11-5-20-21-6-11/h5-9,12H,1-4,10,19H2,(H,20,21)(H,23,26). The number of halogens is 1. The number of carbonyl (C=O) groups is 1. The lowest BCUT2D eigenvalue weighted by Gasteiger charge is -2.32. The van der Waals surface area contributed by atoms with E-state index in [0.29, 0.717) is 42.1 Å². The van der Waals surface area contributed by atoms with Gasteiger partial charge in [-0.3, -0.25) is 14.6 Å². The number of hydrogen-bond acceptors (Lipinski definition) is 6. The molecule has 1 fully saturated rings. The second-order valence-electron chi connectivity index (χ2n) is 6.89.